The Labute approximate surface area is 169 Å². The van der Waals surface area contributed by atoms with Crippen LogP contribution in [-0.4, -0.2) is 53.7 Å². The first-order valence-electron chi connectivity index (χ1n) is 6.26. The molecule has 32 heavy (non-hydrogen) atoms. The minimum absolute atomic E-state index is 1.84. The van der Waals surface area contributed by atoms with Crippen molar-refractivity contribution < 1.29 is 114 Å². The van der Waals surface area contributed by atoms with Crippen LogP contribution in [0.1, 0.15) is 0 Å². The van der Waals surface area contributed by atoms with E-state index in [1.165, 1.54) is 0 Å². The summed E-state index contributed by atoms with van der Waals surface area (Å²) in [5.41, 5.74) is -8.83. The second-order valence-electron chi connectivity index (χ2n) is 5.31. The van der Waals surface area contributed by atoms with E-state index in [0.29, 0.717) is 0 Å². The van der Waals surface area contributed by atoms with Gasteiger partial charge in [-0.05, 0) is 0 Å². The quantitative estimate of drug-likeness (QED) is 0.289. The van der Waals surface area contributed by atoms with Gasteiger partial charge in [-0.15, -0.1) is 0 Å². The fraction of sp³-hybridized carbons (Fsp3) is 1.00. The molecule has 3 nitrogen and oxygen atoms in total. The van der Waals surface area contributed by atoms with Gasteiger partial charge in [0, 0.05) is 0 Å². The maximum absolute atomic E-state index is 13.3. The van der Waals surface area contributed by atoms with Crippen LogP contribution in [0.5, 0.6) is 0 Å². The van der Waals surface area contributed by atoms with E-state index in [0.717, 1.165) is 0 Å². The molecule has 0 aromatic rings. The minimum atomic E-state index is -9.16. The zero-order valence-corrected chi connectivity index (χ0v) is 15.4. The third kappa shape index (κ3) is 4.02. The first-order valence-corrected chi connectivity index (χ1v) is 8.90. The summed E-state index contributed by atoms with van der Waals surface area (Å²) in [7, 11) is 0. The molecule has 0 atom stereocenters. The highest BCUT2D eigenvalue weighted by Crippen LogP contribution is 2.66. The second-order valence-corrected chi connectivity index (χ2v) is 6.83. The van der Waals surface area contributed by atoms with Crippen molar-refractivity contribution in [2.24, 2.45) is 0 Å². The Morgan fingerprint density at radius 3 is 0.906 bits per heavy atom. The van der Waals surface area contributed by atoms with Gasteiger partial charge in [-0.25, -0.2) is 4.39 Å². The van der Waals surface area contributed by atoms with Gasteiger partial charge in [0.2, 0.25) is 0 Å². The van der Waals surface area contributed by atoms with E-state index in [1.54, 1.807) is 0 Å². The lowest BCUT2D eigenvalue weighted by atomic mass is 9.84. The molecule has 0 aromatic carbocycles. The largest absolute Gasteiger partial charge is 0.514 e. The van der Waals surface area contributed by atoms with E-state index in [4.69, 9.17) is 0 Å². The highest BCUT2D eigenvalue weighted by Gasteiger charge is 2.99. The summed E-state index contributed by atoms with van der Waals surface area (Å²) in [5.74, 6) is -44.5. The van der Waals surface area contributed by atoms with Crippen molar-refractivity contribution in [3.05, 3.63) is 0 Å². The van der Waals surface area contributed by atoms with Crippen LogP contribution in [-0.2, 0) is 3.07 Å². The summed E-state index contributed by atoms with van der Waals surface area (Å²) in [6.07, 6.45) is -24.2. The van der Waals surface area contributed by atoms with Crippen LogP contribution in [0.3, 0.4) is 0 Å². The molecule has 0 fully saturated rings. The normalized spacial score (nSPS) is 16.7. The number of hydrogen-bond acceptors (Lipinski definition) is 3. The van der Waals surface area contributed by atoms with Gasteiger partial charge >= 0.3 is 74.8 Å². The Morgan fingerprint density at radius 1 is 0.406 bits per heavy atom. The van der Waals surface area contributed by atoms with Gasteiger partial charge in [0.15, 0.2) is 0 Å². The molecular formula is C9F19IO3. The van der Waals surface area contributed by atoms with Gasteiger partial charge in [0.05, 0.1) is 3.07 Å². The van der Waals surface area contributed by atoms with E-state index in [1.807, 2.05) is 3.07 Å². The van der Waals surface area contributed by atoms with Crippen LogP contribution in [0.25, 0.3) is 0 Å². The van der Waals surface area contributed by atoms with Crippen LogP contribution in [0.4, 0.5) is 83.4 Å². The second kappa shape index (κ2) is 7.91. The van der Waals surface area contributed by atoms with Crippen molar-refractivity contribution in [2.75, 3.05) is 0 Å². The fourth-order valence-electron chi connectivity index (χ4n) is 1.63. The summed E-state index contributed by atoms with van der Waals surface area (Å²) in [5, 5.41) is 0. The average Bonchev–Trinajstić information content (AvgIpc) is 2.49. The smallest absolute Gasteiger partial charge is 0.396 e. The molecule has 194 valence electrons. The zero-order valence-electron chi connectivity index (χ0n) is 13.3. The van der Waals surface area contributed by atoms with Gasteiger partial charge in [0.25, 0.3) is 0 Å². The van der Waals surface area contributed by atoms with Crippen LogP contribution >= 0.6 is 0 Å². The first kappa shape index (κ1) is 31.3. The van der Waals surface area contributed by atoms with Crippen molar-refractivity contribution in [3.8, 4) is 0 Å². The summed E-state index contributed by atoms with van der Waals surface area (Å²) in [6, 6.07) is 0. The lowest BCUT2D eigenvalue weighted by molar-refractivity contribution is -1.63. The van der Waals surface area contributed by atoms with Gasteiger partial charge < -0.3 is 6.87 Å². The first-order chi connectivity index (χ1) is 13.4. The third-order valence-corrected chi connectivity index (χ3v) is 4.23. The Bertz CT molecular complexity index is 665. The molecule has 0 aliphatic carbocycles. The molecule has 0 heterocycles. The third-order valence-electron chi connectivity index (χ3n) is 3.32. The van der Waals surface area contributed by atoms with E-state index in [2.05, 4.69) is 0 Å². The van der Waals surface area contributed by atoms with Crippen molar-refractivity contribution in [1.29, 1.82) is 0 Å². The molecule has 23 heteroatoms. The molecule has 0 unspecified atom stereocenters. The molecule has 0 saturated heterocycles. The SMILES string of the molecule is [O-][I+2]([O-])OC(F)(F)C(F)(F)C(F)(F)C(F)(F)C(F)(F)C(F)(F)C(F)(C(F)(F)F)C(F)(F)F. The average molecular weight is 644 g/mol. The number of rotatable bonds is 8. The number of halogens is 20. The number of alkyl halides is 19. The maximum atomic E-state index is 13.3. The summed E-state index contributed by atoms with van der Waals surface area (Å²) < 4.78 is 265. The standard InChI is InChI=1S/C9F19IO3/c10-1(7(21,22)23,8(24,25)26)2(11,12)3(13,14)4(15,16)5(17,18)6(19,20)9(27,28)32-29(30)31. The molecule has 0 aromatic heterocycles. The molecule has 0 amide bonds. The zero-order chi connectivity index (χ0) is 26.8. The Kier molecular flexibility index (Phi) is 7.73. The van der Waals surface area contributed by atoms with E-state index >= 15 is 0 Å². The lowest BCUT2D eigenvalue weighted by Gasteiger charge is -2.44. The van der Waals surface area contributed by atoms with Gasteiger partial charge in [0.1, 0.15) is 0 Å². The van der Waals surface area contributed by atoms with Crippen LogP contribution in [0, 0.1) is 0 Å². The minimum Gasteiger partial charge on any atom is -0.396 e. The molecule has 0 rings (SSSR count). The van der Waals surface area contributed by atoms with E-state index < -0.39 is 74.8 Å². The van der Waals surface area contributed by atoms with Crippen molar-refractivity contribution in [2.45, 2.75) is 53.7 Å². The van der Waals surface area contributed by atoms with Gasteiger partial charge in [-0.2, -0.15) is 79.0 Å². The molecule has 0 bridgehead atoms. The summed E-state index contributed by atoms with van der Waals surface area (Å²) in [6.45, 7) is 0. The van der Waals surface area contributed by atoms with E-state index in [9.17, 15) is 90.3 Å². The highest BCUT2D eigenvalue weighted by atomic mass is 127. The Morgan fingerprint density at radius 2 is 0.656 bits per heavy atom. The Hall–Kier alpha value is -0.720. The van der Waals surface area contributed by atoms with Crippen LogP contribution in [0.15, 0.2) is 0 Å². The summed E-state index contributed by atoms with van der Waals surface area (Å²) >= 11 is -6.35. The molecular weight excluding hydrogens is 644 g/mol. The molecule has 0 radical (unpaired) electrons. The van der Waals surface area contributed by atoms with Crippen molar-refractivity contribution in [1.82, 2.24) is 0 Å². The highest BCUT2D eigenvalue weighted by molar-refractivity contribution is 5.18. The van der Waals surface area contributed by atoms with Crippen molar-refractivity contribution in [3.63, 3.8) is 0 Å². The molecule has 0 N–H and O–H groups in total. The van der Waals surface area contributed by atoms with E-state index in [-0.39, 0.29) is 0 Å². The number of hydrogen-bond donors (Lipinski definition) is 0. The molecule has 0 spiro atoms. The molecule has 0 saturated carbocycles. The fourth-order valence-corrected chi connectivity index (χ4v) is 2.36. The maximum Gasteiger partial charge on any atom is 0.514 e. The van der Waals surface area contributed by atoms with Crippen LogP contribution in [0.2, 0.25) is 0 Å². The van der Waals surface area contributed by atoms with Gasteiger partial charge in [-0.3, -0.25) is 0 Å². The molecule has 0 aliphatic rings. The molecule has 0 aliphatic heterocycles. The summed E-state index contributed by atoms with van der Waals surface area (Å²) in [4.78, 5) is 0. The lowest BCUT2D eigenvalue weighted by Crippen LogP contribution is -3.99. The Balaban J connectivity index is 7.04. The van der Waals surface area contributed by atoms with Crippen LogP contribution < -0.4 is 27.9 Å². The topological polar surface area (TPSA) is 55.3 Å². The predicted molar refractivity (Wildman–Crippen MR) is 46.7 cm³/mol. The van der Waals surface area contributed by atoms with Gasteiger partial charge in [-0.1, -0.05) is 0 Å². The monoisotopic (exact) mass is 644 g/mol. The predicted octanol–water partition coefficient (Wildman–Crippen LogP) is 0.696. The van der Waals surface area contributed by atoms with Crippen molar-refractivity contribution >= 4 is 0 Å².